The SMILES string of the molecule is C=CCO[C@H](c1ccnc2ccccc12)[C@H]1C[C@@H]2CC[N@@+]1(c1c3ccccc3cc3ccccc13)C[C@@H]2C=C. The van der Waals surface area contributed by atoms with Crippen LogP contribution in [-0.2, 0) is 4.74 Å². The maximum atomic E-state index is 6.83. The highest BCUT2D eigenvalue weighted by Crippen LogP contribution is 2.53. The summed E-state index contributed by atoms with van der Waals surface area (Å²) in [6.07, 6.45) is 8.28. The van der Waals surface area contributed by atoms with E-state index in [-0.39, 0.29) is 12.1 Å². The van der Waals surface area contributed by atoms with E-state index in [1.807, 2.05) is 12.3 Å². The lowest BCUT2D eigenvalue weighted by Gasteiger charge is -2.58. The van der Waals surface area contributed by atoms with Gasteiger partial charge in [0.25, 0.3) is 0 Å². The first-order chi connectivity index (χ1) is 19.2. The van der Waals surface area contributed by atoms with Gasteiger partial charge in [0.2, 0.25) is 0 Å². The number of benzene rings is 4. The summed E-state index contributed by atoms with van der Waals surface area (Å²) in [6, 6.07) is 31.2. The molecule has 4 heterocycles. The number of pyridine rings is 1. The van der Waals surface area contributed by atoms with E-state index < -0.39 is 0 Å². The Morgan fingerprint density at radius 1 is 0.897 bits per heavy atom. The van der Waals surface area contributed by atoms with Gasteiger partial charge in [-0.2, -0.15) is 0 Å². The van der Waals surface area contributed by atoms with Gasteiger partial charge in [-0.15, -0.1) is 13.2 Å². The molecule has 4 aromatic carbocycles. The summed E-state index contributed by atoms with van der Waals surface area (Å²) in [5.74, 6) is 1.11. The summed E-state index contributed by atoms with van der Waals surface area (Å²) in [7, 11) is 0. The molecule has 3 aliphatic heterocycles. The molecule has 39 heavy (non-hydrogen) atoms. The first-order valence-corrected chi connectivity index (χ1v) is 14.2. The van der Waals surface area contributed by atoms with Gasteiger partial charge < -0.3 is 4.74 Å². The van der Waals surface area contributed by atoms with Gasteiger partial charge in [0.1, 0.15) is 17.8 Å². The molecule has 0 saturated carbocycles. The van der Waals surface area contributed by atoms with Crippen LogP contribution >= 0.6 is 0 Å². The minimum absolute atomic E-state index is 0.0813. The Morgan fingerprint density at radius 3 is 2.31 bits per heavy atom. The van der Waals surface area contributed by atoms with Crippen LogP contribution in [-0.4, -0.2) is 30.7 Å². The van der Waals surface area contributed by atoms with E-state index in [9.17, 15) is 0 Å². The number of quaternary nitrogens is 1. The lowest BCUT2D eigenvalue weighted by atomic mass is 9.70. The van der Waals surface area contributed by atoms with E-state index >= 15 is 0 Å². The number of hydrogen-bond donors (Lipinski definition) is 0. The minimum Gasteiger partial charge on any atom is -0.363 e. The summed E-state index contributed by atoms with van der Waals surface area (Å²) in [4.78, 5) is 4.69. The normalized spacial score (nSPS) is 25.2. The van der Waals surface area contributed by atoms with Crippen LogP contribution in [0.15, 0.2) is 116 Å². The monoisotopic (exact) mass is 511 g/mol. The van der Waals surface area contributed by atoms with Crippen molar-refractivity contribution in [2.75, 3.05) is 19.7 Å². The molecule has 0 amide bonds. The maximum absolute atomic E-state index is 6.83. The lowest BCUT2D eigenvalue weighted by Crippen LogP contribution is -2.69. The Hall–Kier alpha value is -3.79. The van der Waals surface area contributed by atoms with Crippen molar-refractivity contribution in [2.24, 2.45) is 11.8 Å². The molecule has 2 bridgehead atoms. The number of rotatable bonds is 7. The number of nitrogens with zero attached hydrogens (tertiary/aromatic N) is 2. The molecule has 0 aliphatic carbocycles. The van der Waals surface area contributed by atoms with E-state index in [0.717, 1.165) is 29.5 Å². The molecular weight excluding hydrogens is 476 g/mol. The summed E-state index contributed by atoms with van der Waals surface area (Å²) < 4.78 is 7.74. The molecule has 5 atom stereocenters. The highest BCUT2D eigenvalue weighted by atomic mass is 16.5. The van der Waals surface area contributed by atoms with Crippen LogP contribution in [0.5, 0.6) is 0 Å². The Balaban J connectivity index is 1.52. The number of ether oxygens (including phenoxy) is 1. The zero-order chi connectivity index (χ0) is 26.4. The van der Waals surface area contributed by atoms with Crippen molar-refractivity contribution in [1.82, 2.24) is 9.47 Å². The van der Waals surface area contributed by atoms with Gasteiger partial charge in [-0.3, -0.25) is 9.47 Å². The van der Waals surface area contributed by atoms with E-state index in [1.165, 1.54) is 44.6 Å². The fourth-order valence-electron chi connectivity index (χ4n) is 7.77. The van der Waals surface area contributed by atoms with E-state index in [2.05, 4.69) is 109 Å². The largest absolute Gasteiger partial charge is 0.363 e. The summed E-state index contributed by atoms with van der Waals surface area (Å²) >= 11 is 0. The van der Waals surface area contributed by atoms with Gasteiger partial charge in [0, 0.05) is 41.1 Å². The zero-order valence-electron chi connectivity index (χ0n) is 22.4. The molecule has 1 aromatic heterocycles. The highest BCUT2D eigenvalue weighted by molar-refractivity contribution is 6.10. The van der Waals surface area contributed by atoms with Crippen LogP contribution in [0, 0.1) is 11.8 Å². The summed E-state index contributed by atoms with van der Waals surface area (Å²) in [6.45, 7) is 11.0. The van der Waals surface area contributed by atoms with Crippen molar-refractivity contribution in [3.05, 3.63) is 122 Å². The molecule has 0 unspecified atom stereocenters. The van der Waals surface area contributed by atoms with Gasteiger partial charge in [-0.05, 0) is 52.6 Å². The van der Waals surface area contributed by atoms with E-state index in [4.69, 9.17) is 4.74 Å². The van der Waals surface area contributed by atoms with Gasteiger partial charge in [-0.25, -0.2) is 0 Å². The second-order valence-corrected chi connectivity index (χ2v) is 11.3. The van der Waals surface area contributed by atoms with Gasteiger partial charge in [0.15, 0.2) is 0 Å². The molecule has 0 N–H and O–H groups in total. The van der Waals surface area contributed by atoms with Crippen molar-refractivity contribution >= 4 is 38.1 Å². The number of hydrogen-bond acceptors (Lipinski definition) is 2. The lowest BCUT2D eigenvalue weighted by molar-refractivity contribution is -0.0628. The Bertz CT molecular complexity index is 1650. The predicted octanol–water partition coefficient (Wildman–Crippen LogP) is 8.39. The fraction of sp³-hybridized carbons (Fsp3) is 0.250. The van der Waals surface area contributed by atoms with Crippen LogP contribution in [0.1, 0.15) is 24.5 Å². The molecule has 5 aromatic rings. The summed E-state index contributed by atoms with van der Waals surface area (Å²) in [5.41, 5.74) is 3.70. The summed E-state index contributed by atoms with van der Waals surface area (Å²) in [5, 5.41) is 6.49. The topological polar surface area (TPSA) is 22.1 Å². The molecule has 3 nitrogen and oxygen atoms in total. The Kier molecular flexibility index (Phi) is 6.07. The molecular formula is C36H35N2O+. The number of piperidine rings is 3. The van der Waals surface area contributed by atoms with Crippen LogP contribution in [0.3, 0.4) is 0 Å². The number of aromatic nitrogens is 1. The smallest absolute Gasteiger partial charge is 0.149 e. The zero-order valence-corrected chi connectivity index (χ0v) is 22.4. The van der Waals surface area contributed by atoms with Crippen LogP contribution in [0.4, 0.5) is 5.69 Å². The average molecular weight is 512 g/mol. The predicted molar refractivity (Wildman–Crippen MR) is 164 cm³/mol. The Morgan fingerprint density at radius 2 is 1.59 bits per heavy atom. The molecule has 3 heteroatoms. The fourth-order valence-corrected chi connectivity index (χ4v) is 7.77. The van der Waals surface area contributed by atoms with E-state index in [1.54, 1.807) is 0 Å². The van der Waals surface area contributed by atoms with Crippen LogP contribution in [0.25, 0.3) is 32.4 Å². The third kappa shape index (κ3) is 3.83. The van der Waals surface area contributed by atoms with Gasteiger partial charge in [-0.1, -0.05) is 66.7 Å². The molecule has 0 radical (unpaired) electrons. The molecule has 3 fully saturated rings. The van der Waals surface area contributed by atoms with Crippen molar-refractivity contribution in [2.45, 2.75) is 25.0 Å². The van der Waals surface area contributed by atoms with Crippen molar-refractivity contribution in [1.29, 1.82) is 0 Å². The molecule has 0 spiro atoms. The second-order valence-electron chi connectivity index (χ2n) is 11.3. The van der Waals surface area contributed by atoms with Gasteiger partial charge in [0.05, 0.1) is 25.2 Å². The third-order valence-corrected chi connectivity index (χ3v) is 9.44. The van der Waals surface area contributed by atoms with Crippen molar-refractivity contribution < 1.29 is 4.74 Å². The molecule has 3 saturated heterocycles. The first kappa shape index (κ1) is 24.3. The quantitative estimate of drug-likeness (QED) is 0.124. The third-order valence-electron chi connectivity index (χ3n) is 9.44. The Labute approximate surface area is 230 Å². The molecule has 3 aliphatic rings. The van der Waals surface area contributed by atoms with Gasteiger partial charge >= 0.3 is 0 Å². The van der Waals surface area contributed by atoms with Crippen LogP contribution in [0.2, 0.25) is 0 Å². The average Bonchev–Trinajstić information content (AvgIpc) is 3.00. The maximum Gasteiger partial charge on any atom is 0.149 e. The number of para-hydroxylation sites is 1. The minimum atomic E-state index is -0.0813. The number of fused-ring (bicyclic) bond motifs is 6. The van der Waals surface area contributed by atoms with Crippen molar-refractivity contribution in [3.8, 4) is 0 Å². The van der Waals surface area contributed by atoms with E-state index in [0.29, 0.717) is 18.4 Å². The molecule has 8 rings (SSSR count). The van der Waals surface area contributed by atoms with Crippen molar-refractivity contribution in [3.63, 3.8) is 0 Å². The van der Waals surface area contributed by atoms with Crippen LogP contribution < -0.4 is 4.48 Å². The second kappa shape index (κ2) is 9.75. The highest BCUT2D eigenvalue weighted by Gasteiger charge is 2.56. The first-order valence-electron chi connectivity index (χ1n) is 14.2. The molecule has 194 valence electrons. The standard InChI is InChI=1S/C36H35N2O/c1-3-21-39-36(32-17-19-37-33-16-10-9-15-31(32)33)34-23-26-18-20-38(34,24-25(26)4-2)35-29-13-7-5-11-27(29)22-28-12-6-8-14-30(28)35/h3-17,19,22,25-26,34,36H,1-2,18,20-21,23-24H2/q+1/t25-,26-,34+,36+,38+/m0/s1.